The molecule has 20 heavy (non-hydrogen) atoms. The van der Waals surface area contributed by atoms with Gasteiger partial charge in [0.05, 0.1) is 5.75 Å². The Morgan fingerprint density at radius 1 is 1.25 bits per heavy atom. The lowest BCUT2D eigenvalue weighted by atomic mass is 10.1. The van der Waals surface area contributed by atoms with E-state index in [1.807, 2.05) is 0 Å². The summed E-state index contributed by atoms with van der Waals surface area (Å²) in [6.07, 6.45) is 2.01. The Balaban J connectivity index is 1.95. The smallest absolute Gasteiger partial charge is 0.240 e. The number of hydrogen-bond acceptors (Lipinski definition) is 5. The summed E-state index contributed by atoms with van der Waals surface area (Å²) in [6, 6.07) is 0.311. The van der Waals surface area contributed by atoms with Crippen molar-refractivity contribution >= 4 is 15.7 Å². The Kier molecular flexibility index (Phi) is 5.04. The highest BCUT2D eigenvalue weighted by Gasteiger charge is 2.38. The lowest BCUT2D eigenvalue weighted by Crippen LogP contribution is -2.55. The van der Waals surface area contributed by atoms with Gasteiger partial charge in [0, 0.05) is 38.8 Å². The summed E-state index contributed by atoms with van der Waals surface area (Å²) in [4.78, 5) is 16.4. The third-order valence-corrected chi connectivity index (χ3v) is 6.61. The fraction of sp³-hybridized carbons (Fsp3) is 0.923. The number of rotatable bonds is 3. The fourth-order valence-corrected chi connectivity index (χ4v) is 4.84. The maximum atomic E-state index is 12.4. The second kappa shape index (κ2) is 6.41. The Morgan fingerprint density at radius 3 is 2.45 bits per heavy atom. The molecule has 0 bridgehead atoms. The maximum Gasteiger partial charge on any atom is 0.240 e. The molecule has 0 aromatic heterocycles. The van der Waals surface area contributed by atoms with Crippen LogP contribution in [0.15, 0.2) is 0 Å². The highest BCUT2D eigenvalue weighted by molar-refractivity contribution is 7.92. The van der Waals surface area contributed by atoms with Crippen LogP contribution in [0.2, 0.25) is 0 Å². The predicted molar refractivity (Wildman–Crippen MR) is 78.1 cm³/mol. The van der Waals surface area contributed by atoms with Crippen LogP contribution in [0.3, 0.4) is 0 Å². The summed E-state index contributed by atoms with van der Waals surface area (Å²) < 4.78 is 24.0. The van der Waals surface area contributed by atoms with Gasteiger partial charge in [-0.3, -0.25) is 9.69 Å². The molecule has 0 aromatic carbocycles. The highest BCUT2D eigenvalue weighted by atomic mass is 32.2. The average Bonchev–Trinajstić information content (AvgIpc) is 2.45. The number of nitrogens with two attached hydrogens (primary N) is 1. The molecule has 2 aliphatic heterocycles. The van der Waals surface area contributed by atoms with Crippen molar-refractivity contribution < 1.29 is 13.2 Å². The highest BCUT2D eigenvalue weighted by Crippen LogP contribution is 2.22. The summed E-state index contributed by atoms with van der Waals surface area (Å²) in [7, 11) is -3.23. The molecule has 2 atom stereocenters. The van der Waals surface area contributed by atoms with Gasteiger partial charge in [-0.15, -0.1) is 0 Å². The molecule has 0 aromatic rings. The molecule has 2 rings (SSSR count). The monoisotopic (exact) mass is 303 g/mol. The molecule has 0 spiro atoms. The minimum absolute atomic E-state index is 0.160. The second-order valence-electron chi connectivity index (χ2n) is 5.80. The van der Waals surface area contributed by atoms with Crippen LogP contribution in [0, 0.1) is 0 Å². The normalized spacial score (nSPS) is 29.1. The fourth-order valence-electron chi connectivity index (χ4n) is 2.97. The molecule has 2 fully saturated rings. The summed E-state index contributed by atoms with van der Waals surface area (Å²) in [6.45, 7) is 5.44. The van der Waals surface area contributed by atoms with Gasteiger partial charge in [-0.1, -0.05) is 6.42 Å². The van der Waals surface area contributed by atoms with E-state index >= 15 is 0 Å². The zero-order valence-electron chi connectivity index (χ0n) is 12.1. The van der Waals surface area contributed by atoms with Crippen LogP contribution < -0.4 is 5.73 Å². The quantitative estimate of drug-likeness (QED) is 0.756. The van der Waals surface area contributed by atoms with Gasteiger partial charge in [0.15, 0.2) is 9.84 Å². The number of hydrogen-bond donors (Lipinski definition) is 1. The molecule has 7 heteroatoms. The standard InChI is InChI=1S/C13H25N3O3S/c1-11(10-14)15-5-7-16(8-6-15)13(17)12-4-2-3-9-20(12,18)19/h11-12H,2-10,14H2,1H3. The molecule has 2 unspecified atom stereocenters. The molecule has 1 amide bonds. The summed E-state index contributed by atoms with van der Waals surface area (Å²) in [5.41, 5.74) is 5.65. The molecule has 6 nitrogen and oxygen atoms in total. The number of nitrogens with zero attached hydrogens (tertiary/aromatic N) is 2. The number of carbonyl (C=O) groups excluding carboxylic acids is 1. The van der Waals surface area contributed by atoms with Gasteiger partial charge in [-0.05, 0) is 19.8 Å². The third-order valence-electron chi connectivity index (χ3n) is 4.44. The van der Waals surface area contributed by atoms with E-state index in [4.69, 9.17) is 5.73 Å². The van der Waals surface area contributed by atoms with Crippen LogP contribution in [0.25, 0.3) is 0 Å². The number of piperazine rings is 1. The zero-order valence-corrected chi connectivity index (χ0v) is 12.9. The Labute approximate surface area is 121 Å². The number of carbonyl (C=O) groups is 1. The van der Waals surface area contributed by atoms with E-state index < -0.39 is 15.1 Å². The molecule has 0 radical (unpaired) electrons. The average molecular weight is 303 g/mol. The van der Waals surface area contributed by atoms with Crippen LogP contribution in [-0.4, -0.2) is 73.9 Å². The second-order valence-corrected chi connectivity index (χ2v) is 8.10. The molecule has 2 aliphatic rings. The van der Waals surface area contributed by atoms with Gasteiger partial charge in [0.25, 0.3) is 0 Å². The topological polar surface area (TPSA) is 83.7 Å². The van der Waals surface area contributed by atoms with Crippen LogP contribution in [0.5, 0.6) is 0 Å². The zero-order chi connectivity index (χ0) is 14.8. The van der Waals surface area contributed by atoms with Crippen molar-refractivity contribution in [1.82, 2.24) is 9.80 Å². The van der Waals surface area contributed by atoms with Gasteiger partial charge >= 0.3 is 0 Å². The van der Waals surface area contributed by atoms with Crippen molar-refractivity contribution in [2.24, 2.45) is 5.73 Å². The van der Waals surface area contributed by atoms with E-state index in [-0.39, 0.29) is 11.7 Å². The van der Waals surface area contributed by atoms with Crippen LogP contribution in [0.4, 0.5) is 0 Å². The van der Waals surface area contributed by atoms with Crippen molar-refractivity contribution in [3.63, 3.8) is 0 Å². The van der Waals surface area contributed by atoms with Crippen molar-refractivity contribution in [1.29, 1.82) is 0 Å². The van der Waals surface area contributed by atoms with Crippen LogP contribution >= 0.6 is 0 Å². The van der Waals surface area contributed by atoms with E-state index in [9.17, 15) is 13.2 Å². The third kappa shape index (κ3) is 3.32. The van der Waals surface area contributed by atoms with Crippen molar-refractivity contribution in [3.05, 3.63) is 0 Å². The Bertz CT molecular complexity index is 444. The van der Waals surface area contributed by atoms with Gasteiger partial charge in [-0.2, -0.15) is 0 Å². The predicted octanol–water partition coefficient (Wildman–Crippen LogP) is -0.555. The van der Waals surface area contributed by atoms with E-state index in [1.165, 1.54) is 0 Å². The molecule has 0 aliphatic carbocycles. The number of sulfone groups is 1. The SMILES string of the molecule is CC(CN)N1CCN(C(=O)C2CCCCS2(=O)=O)CC1. The van der Waals surface area contributed by atoms with Crippen molar-refractivity contribution in [2.75, 3.05) is 38.5 Å². The van der Waals surface area contributed by atoms with Crippen molar-refractivity contribution in [2.45, 2.75) is 37.5 Å². The van der Waals surface area contributed by atoms with E-state index in [0.717, 1.165) is 19.5 Å². The van der Waals surface area contributed by atoms with Crippen LogP contribution in [0.1, 0.15) is 26.2 Å². The van der Waals surface area contributed by atoms with E-state index in [1.54, 1.807) is 4.90 Å². The van der Waals surface area contributed by atoms with Gasteiger partial charge < -0.3 is 10.6 Å². The van der Waals surface area contributed by atoms with E-state index in [0.29, 0.717) is 38.5 Å². The molecular formula is C13H25N3O3S. The minimum atomic E-state index is -3.23. The molecule has 2 saturated heterocycles. The lowest BCUT2D eigenvalue weighted by molar-refractivity contribution is -0.133. The Morgan fingerprint density at radius 2 is 1.90 bits per heavy atom. The molecular weight excluding hydrogens is 278 g/mol. The minimum Gasteiger partial charge on any atom is -0.339 e. The largest absolute Gasteiger partial charge is 0.339 e. The summed E-state index contributed by atoms with van der Waals surface area (Å²) in [5, 5.41) is -0.797. The first kappa shape index (κ1) is 15.7. The first-order chi connectivity index (χ1) is 9.45. The molecule has 2 heterocycles. The molecule has 2 N–H and O–H groups in total. The lowest BCUT2D eigenvalue weighted by Gasteiger charge is -2.39. The number of amides is 1. The first-order valence-corrected chi connectivity index (χ1v) is 9.11. The van der Waals surface area contributed by atoms with Crippen LogP contribution in [-0.2, 0) is 14.6 Å². The summed E-state index contributed by atoms with van der Waals surface area (Å²) >= 11 is 0. The first-order valence-electron chi connectivity index (χ1n) is 7.40. The maximum absolute atomic E-state index is 12.4. The molecule has 116 valence electrons. The van der Waals surface area contributed by atoms with Gasteiger partial charge in [0.2, 0.25) is 5.91 Å². The van der Waals surface area contributed by atoms with E-state index in [2.05, 4.69) is 11.8 Å². The summed E-state index contributed by atoms with van der Waals surface area (Å²) in [5.74, 6) is -0.0297. The molecule has 0 saturated carbocycles. The van der Waals surface area contributed by atoms with Gasteiger partial charge in [0.1, 0.15) is 5.25 Å². The Hall–Kier alpha value is -0.660. The van der Waals surface area contributed by atoms with Gasteiger partial charge in [-0.25, -0.2) is 8.42 Å². The van der Waals surface area contributed by atoms with Crippen molar-refractivity contribution in [3.8, 4) is 0 Å².